The Hall–Kier alpha value is -1.46. The van der Waals surface area contributed by atoms with Gasteiger partial charge in [-0.25, -0.2) is 4.79 Å². The molecule has 2 saturated heterocycles. The molecule has 3 N–H and O–H groups in total. The summed E-state index contributed by atoms with van der Waals surface area (Å²) < 4.78 is 24.7. The third kappa shape index (κ3) is 4.43. The molecule has 9 heteroatoms. The number of ether oxygens (including phenoxy) is 4. The molecule has 2 fully saturated rings. The Morgan fingerprint density at radius 1 is 1.23 bits per heavy atom. The van der Waals surface area contributed by atoms with Crippen LogP contribution >= 0.6 is 27.7 Å². The van der Waals surface area contributed by atoms with E-state index in [1.54, 1.807) is 25.3 Å². The van der Waals surface area contributed by atoms with E-state index in [9.17, 15) is 9.90 Å². The van der Waals surface area contributed by atoms with E-state index >= 15 is 0 Å². The standard InChI is InChI=1S/C21H22BrNO6S/c1-26-18-16(23)17-14(10-27-20(29-17)11-5-3-2-4-6-11)28-21(18)30-15-9-12(22)7-8-13(15)19(24)25/h2-9,14,16-18,20-21H,10,23H2,1H3,(H,24,25). The first kappa shape index (κ1) is 21.8. The highest BCUT2D eigenvalue weighted by Crippen LogP contribution is 2.40. The first-order valence-electron chi connectivity index (χ1n) is 9.43. The largest absolute Gasteiger partial charge is 0.478 e. The lowest BCUT2D eigenvalue weighted by Crippen LogP contribution is -2.64. The van der Waals surface area contributed by atoms with Gasteiger partial charge in [-0.05, 0) is 18.2 Å². The van der Waals surface area contributed by atoms with Crippen LogP contribution in [-0.4, -0.2) is 54.6 Å². The normalized spacial score (nSPS) is 31.2. The summed E-state index contributed by atoms with van der Waals surface area (Å²) in [5, 5.41) is 9.52. The fourth-order valence-electron chi connectivity index (χ4n) is 3.66. The molecule has 2 aromatic carbocycles. The maximum Gasteiger partial charge on any atom is 0.336 e. The maximum absolute atomic E-state index is 11.6. The monoisotopic (exact) mass is 495 g/mol. The van der Waals surface area contributed by atoms with Gasteiger partial charge in [0.25, 0.3) is 0 Å². The third-order valence-electron chi connectivity index (χ3n) is 5.16. The number of carbonyl (C=O) groups is 1. The molecular weight excluding hydrogens is 474 g/mol. The zero-order valence-electron chi connectivity index (χ0n) is 16.1. The van der Waals surface area contributed by atoms with Crippen molar-refractivity contribution in [1.82, 2.24) is 0 Å². The number of carboxylic acids is 1. The Kier molecular flexibility index (Phi) is 6.78. The minimum Gasteiger partial charge on any atom is -0.478 e. The molecule has 6 atom stereocenters. The number of nitrogens with two attached hydrogens (primary N) is 1. The van der Waals surface area contributed by atoms with Crippen molar-refractivity contribution in [3.05, 3.63) is 64.1 Å². The molecule has 4 rings (SSSR count). The molecule has 0 aromatic heterocycles. The van der Waals surface area contributed by atoms with Crippen molar-refractivity contribution in [3.63, 3.8) is 0 Å². The van der Waals surface area contributed by atoms with Gasteiger partial charge in [-0.1, -0.05) is 58.0 Å². The molecule has 0 amide bonds. The zero-order chi connectivity index (χ0) is 21.3. The van der Waals surface area contributed by atoms with Crippen LogP contribution in [0.4, 0.5) is 0 Å². The van der Waals surface area contributed by atoms with Crippen LogP contribution in [0.1, 0.15) is 22.2 Å². The highest BCUT2D eigenvalue weighted by atomic mass is 79.9. The van der Waals surface area contributed by atoms with Crippen molar-refractivity contribution in [2.75, 3.05) is 13.7 Å². The number of benzene rings is 2. The Balaban J connectivity index is 1.54. The van der Waals surface area contributed by atoms with Crippen molar-refractivity contribution < 1.29 is 28.8 Å². The molecule has 7 nitrogen and oxygen atoms in total. The number of hydrogen-bond acceptors (Lipinski definition) is 7. The molecule has 2 aromatic rings. The number of thioether (sulfide) groups is 1. The molecule has 2 aliphatic rings. The van der Waals surface area contributed by atoms with E-state index in [1.807, 2.05) is 30.3 Å². The van der Waals surface area contributed by atoms with E-state index in [2.05, 4.69) is 15.9 Å². The Bertz CT molecular complexity index is 900. The minimum atomic E-state index is -1.01. The quantitative estimate of drug-likeness (QED) is 0.650. The van der Waals surface area contributed by atoms with Crippen LogP contribution in [-0.2, 0) is 18.9 Å². The van der Waals surface area contributed by atoms with Crippen LogP contribution < -0.4 is 5.73 Å². The summed E-state index contributed by atoms with van der Waals surface area (Å²) in [5.74, 6) is -1.01. The summed E-state index contributed by atoms with van der Waals surface area (Å²) in [5.41, 5.74) is 7.12. The lowest BCUT2D eigenvalue weighted by molar-refractivity contribution is -0.298. The van der Waals surface area contributed by atoms with Crippen molar-refractivity contribution in [1.29, 1.82) is 0 Å². The number of carboxylic acid groups (broad SMARTS) is 1. The van der Waals surface area contributed by atoms with E-state index < -0.39 is 35.9 Å². The second-order valence-corrected chi connectivity index (χ2v) is 9.12. The molecule has 0 saturated carbocycles. The van der Waals surface area contributed by atoms with Gasteiger partial charge in [-0.3, -0.25) is 0 Å². The molecule has 160 valence electrons. The maximum atomic E-state index is 11.6. The second kappa shape index (κ2) is 9.35. The van der Waals surface area contributed by atoms with Gasteiger partial charge in [-0.15, -0.1) is 0 Å². The summed E-state index contributed by atoms with van der Waals surface area (Å²) >= 11 is 4.67. The van der Waals surface area contributed by atoms with E-state index in [0.717, 1.165) is 10.0 Å². The second-order valence-electron chi connectivity index (χ2n) is 7.06. The molecule has 30 heavy (non-hydrogen) atoms. The molecule has 0 aliphatic carbocycles. The summed E-state index contributed by atoms with van der Waals surface area (Å²) in [6.45, 7) is 0.315. The predicted octanol–water partition coefficient (Wildman–Crippen LogP) is 3.42. The topological polar surface area (TPSA) is 100 Å². The fraction of sp³-hybridized carbons (Fsp3) is 0.381. The average molecular weight is 496 g/mol. The van der Waals surface area contributed by atoms with Gasteiger partial charge in [0.05, 0.1) is 18.2 Å². The van der Waals surface area contributed by atoms with E-state index in [0.29, 0.717) is 11.5 Å². The number of halogens is 1. The Morgan fingerprint density at radius 2 is 2.00 bits per heavy atom. The predicted molar refractivity (Wildman–Crippen MR) is 114 cm³/mol. The van der Waals surface area contributed by atoms with E-state index in [4.69, 9.17) is 24.7 Å². The highest BCUT2D eigenvalue weighted by Gasteiger charge is 2.49. The number of methoxy groups -OCH3 is 1. The molecule has 6 unspecified atom stereocenters. The van der Waals surface area contributed by atoms with Crippen molar-refractivity contribution in [2.24, 2.45) is 5.73 Å². The van der Waals surface area contributed by atoms with Gasteiger partial charge in [-0.2, -0.15) is 0 Å². The zero-order valence-corrected chi connectivity index (χ0v) is 18.5. The van der Waals surface area contributed by atoms with Crippen LogP contribution in [0.15, 0.2) is 57.9 Å². The fourth-order valence-corrected chi connectivity index (χ4v) is 5.53. The van der Waals surface area contributed by atoms with E-state index in [-0.39, 0.29) is 11.7 Å². The average Bonchev–Trinajstić information content (AvgIpc) is 2.74. The Morgan fingerprint density at radius 3 is 2.70 bits per heavy atom. The molecule has 0 radical (unpaired) electrons. The lowest BCUT2D eigenvalue weighted by atomic mass is 9.97. The van der Waals surface area contributed by atoms with E-state index in [1.165, 1.54) is 11.8 Å². The SMILES string of the molecule is COC1C(Sc2cc(Br)ccc2C(=O)O)OC2COC(c3ccccc3)OC2C1N. The van der Waals surface area contributed by atoms with Gasteiger partial charge in [0.15, 0.2) is 6.29 Å². The van der Waals surface area contributed by atoms with Gasteiger partial charge >= 0.3 is 5.97 Å². The van der Waals surface area contributed by atoms with Crippen molar-refractivity contribution >= 4 is 33.7 Å². The first-order valence-corrected chi connectivity index (χ1v) is 11.1. The first-order chi connectivity index (χ1) is 14.5. The van der Waals surface area contributed by atoms with Crippen LogP contribution in [0.2, 0.25) is 0 Å². The van der Waals surface area contributed by atoms with Crippen LogP contribution in [0.25, 0.3) is 0 Å². The molecular formula is C21H22BrNO6S. The molecule has 2 aliphatic heterocycles. The van der Waals surface area contributed by atoms with Crippen LogP contribution in [0.3, 0.4) is 0 Å². The third-order valence-corrected chi connectivity index (χ3v) is 6.85. The van der Waals surface area contributed by atoms with Crippen molar-refractivity contribution in [3.8, 4) is 0 Å². The summed E-state index contributed by atoms with van der Waals surface area (Å²) in [7, 11) is 1.56. The minimum absolute atomic E-state index is 0.192. The summed E-state index contributed by atoms with van der Waals surface area (Å²) in [4.78, 5) is 12.2. The molecule has 2 heterocycles. The number of hydrogen-bond donors (Lipinski definition) is 2. The van der Waals surface area contributed by atoms with Crippen molar-refractivity contribution in [2.45, 2.75) is 41.0 Å². The lowest BCUT2D eigenvalue weighted by Gasteiger charge is -2.48. The Labute approximate surface area is 187 Å². The highest BCUT2D eigenvalue weighted by molar-refractivity contribution is 9.10. The smallest absolute Gasteiger partial charge is 0.336 e. The van der Waals surface area contributed by atoms with Crippen LogP contribution in [0.5, 0.6) is 0 Å². The molecule has 0 bridgehead atoms. The van der Waals surface area contributed by atoms with Gasteiger partial charge in [0.1, 0.15) is 23.7 Å². The van der Waals surface area contributed by atoms with Gasteiger partial charge in [0.2, 0.25) is 0 Å². The number of rotatable bonds is 5. The summed E-state index contributed by atoms with van der Waals surface area (Å²) in [6, 6.07) is 14.2. The molecule has 0 spiro atoms. The summed E-state index contributed by atoms with van der Waals surface area (Å²) in [6.07, 6.45) is -1.81. The number of aromatic carboxylic acids is 1. The number of fused-ring (bicyclic) bond motifs is 1. The van der Waals surface area contributed by atoms with Gasteiger partial charge < -0.3 is 29.8 Å². The van der Waals surface area contributed by atoms with Gasteiger partial charge in [0, 0.05) is 22.0 Å². The van der Waals surface area contributed by atoms with Crippen LogP contribution in [0, 0.1) is 0 Å².